The summed E-state index contributed by atoms with van der Waals surface area (Å²) in [6, 6.07) is 37.3. The molecule has 0 N–H and O–H groups in total. The summed E-state index contributed by atoms with van der Waals surface area (Å²) in [5, 5.41) is 0. The first kappa shape index (κ1) is 25.3. The molecule has 0 bridgehead atoms. The van der Waals surface area contributed by atoms with E-state index in [-0.39, 0.29) is 23.1 Å². The first-order valence-corrected chi connectivity index (χ1v) is 15.8. The lowest BCUT2D eigenvalue weighted by atomic mass is 9.41. The largest absolute Gasteiger partial charge is 0.376 e. The van der Waals surface area contributed by atoms with Crippen LogP contribution in [0.4, 0.5) is 28.4 Å². The van der Waals surface area contributed by atoms with Crippen LogP contribution in [0.25, 0.3) is 11.1 Å². The normalized spacial score (nSPS) is 17.4. The number of hydrogen-bond donors (Lipinski definition) is 0. The fraction of sp³-hybridized carbons (Fsp3) is 0.250. The smallest absolute Gasteiger partial charge is 0.333 e. The fourth-order valence-electron chi connectivity index (χ4n) is 8.71. The van der Waals surface area contributed by atoms with Crippen molar-refractivity contribution in [2.45, 2.75) is 64.7 Å². The van der Waals surface area contributed by atoms with Gasteiger partial charge in [-0.15, -0.1) is 0 Å². The van der Waals surface area contributed by atoms with Gasteiger partial charge in [-0.05, 0) is 67.9 Å². The van der Waals surface area contributed by atoms with E-state index in [2.05, 4.69) is 155 Å². The monoisotopic (exact) mass is 556 g/mol. The maximum atomic E-state index is 2.70. The molecular formula is C40H37BN2. The Bertz CT molecular complexity index is 2040. The van der Waals surface area contributed by atoms with Crippen molar-refractivity contribution >= 4 is 46.2 Å². The average molecular weight is 557 g/mol. The minimum Gasteiger partial charge on any atom is -0.376 e. The highest BCUT2D eigenvalue weighted by Crippen LogP contribution is 2.58. The van der Waals surface area contributed by atoms with Gasteiger partial charge in [-0.1, -0.05) is 127 Å². The summed E-state index contributed by atoms with van der Waals surface area (Å²) in [5.41, 5.74) is 19.0. The summed E-state index contributed by atoms with van der Waals surface area (Å²) in [6.07, 6.45) is 0. The van der Waals surface area contributed by atoms with Crippen LogP contribution in [0.15, 0.2) is 97.1 Å². The van der Waals surface area contributed by atoms with Crippen molar-refractivity contribution < 1.29 is 0 Å². The predicted octanol–water partition coefficient (Wildman–Crippen LogP) is 8.97. The van der Waals surface area contributed by atoms with Crippen molar-refractivity contribution in [2.24, 2.45) is 0 Å². The van der Waals surface area contributed by atoms with Crippen molar-refractivity contribution in [3.8, 4) is 11.1 Å². The van der Waals surface area contributed by atoms with Crippen molar-refractivity contribution in [1.29, 1.82) is 0 Å². The second-order valence-electron chi connectivity index (χ2n) is 15.0. The van der Waals surface area contributed by atoms with E-state index in [0.717, 1.165) is 0 Å². The van der Waals surface area contributed by atoms with E-state index < -0.39 is 0 Å². The molecule has 0 amide bonds. The van der Waals surface area contributed by atoms with E-state index in [1.807, 2.05) is 0 Å². The third kappa shape index (κ3) is 2.96. The third-order valence-electron chi connectivity index (χ3n) is 11.0. The molecule has 210 valence electrons. The van der Waals surface area contributed by atoms with Crippen LogP contribution in [0.1, 0.15) is 76.3 Å². The summed E-state index contributed by atoms with van der Waals surface area (Å²) in [5.74, 6) is 0. The Morgan fingerprint density at radius 2 is 1.14 bits per heavy atom. The summed E-state index contributed by atoms with van der Waals surface area (Å²) in [7, 11) is 0. The van der Waals surface area contributed by atoms with Crippen molar-refractivity contribution in [1.82, 2.24) is 0 Å². The highest BCUT2D eigenvalue weighted by molar-refractivity contribution is 6.93. The predicted molar refractivity (Wildman–Crippen MR) is 183 cm³/mol. The van der Waals surface area contributed by atoms with E-state index >= 15 is 0 Å². The number of anilines is 5. The van der Waals surface area contributed by atoms with E-state index in [0.29, 0.717) is 0 Å². The van der Waals surface area contributed by atoms with Gasteiger partial charge in [0.15, 0.2) is 0 Å². The molecule has 5 aromatic carbocycles. The van der Waals surface area contributed by atoms with Crippen molar-refractivity contribution in [2.75, 3.05) is 9.71 Å². The molecule has 0 aromatic heterocycles. The lowest BCUT2D eigenvalue weighted by Crippen LogP contribution is -2.63. The lowest BCUT2D eigenvalue weighted by molar-refractivity contribution is 0.590. The minimum atomic E-state index is -0.111. The van der Waals surface area contributed by atoms with Crippen LogP contribution in [0, 0.1) is 0 Å². The molecule has 0 atom stereocenters. The van der Waals surface area contributed by atoms with Gasteiger partial charge in [0.25, 0.3) is 0 Å². The molecule has 0 radical (unpaired) electrons. The highest BCUT2D eigenvalue weighted by atomic mass is 15.2. The zero-order valence-electron chi connectivity index (χ0n) is 26.2. The second-order valence-corrected chi connectivity index (χ2v) is 15.0. The van der Waals surface area contributed by atoms with Crippen LogP contribution < -0.4 is 20.6 Å². The zero-order chi connectivity index (χ0) is 29.6. The molecule has 0 spiro atoms. The maximum Gasteiger partial charge on any atom is 0.333 e. The second kappa shape index (κ2) is 7.83. The molecule has 5 aromatic rings. The van der Waals surface area contributed by atoms with E-state index in [1.54, 1.807) is 0 Å². The fourth-order valence-corrected chi connectivity index (χ4v) is 8.71. The lowest BCUT2D eigenvalue weighted by Gasteiger charge is -2.53. The molecule has 0 fully saturated rings. The van der Waals surface area contributed by atoms with Gasteiger partial charge in [-0.3, -0.25) is 0 Å². The first-order valence-electron chi connectivity index (χ1n) is 15.8. The Labute approximate surface area is 256 Å². The Hall–Kier alpha value is -4.24. The molecule has 9 rings (SSSR count). The van der Waals surface area contributed by atoms with Gasteiger partial charge in [0.05, 0.1) is 5.69 Å². The number of benzene rings is 5. The summed E-state index contributed by atoms with van der Waals surface area (Å²) < 4.78 is 0. The van der Waals surface area contributed by atoms with Gasteiger partial charge in [0.1, 0.15) is 0 Å². The van der Waals surface area contributed by atoms with Gasteiger partial charge in [-0.2, -0.15) is 0 Å². The van der Waals surface area contributed by atoms with Crippen LogP contribution in [-0.4, -0.2) is 6.85 Å². The van der Waals surface area contributed by atoms with Gasteiger partial charge >= 0.3 is 6.85 Å². The number of fused-ring (bicyclic) bond motifs is 8. The van der Waals surface area contributed by atoms with E-state index in [4.69, 9.17) is 0 Å². The van der Waals surface area contributed by atoms with Gasteiger partial charge in [0.2, 0.25) is 0 Å². The average Bonchev–Trinajstić information content (AvgIpc) is 2.99. The highest BCUT2D eigenvalue weighted by Gasteiger charge is 2.52. The Morgan fingerprint density at radius 1 is 0.558 bits per heavy atom. The number of rotatable bonds is 0. The van der Waals surface area contributed by atoms with Crippen LogP contribution >= 0.6 is 0 Å². The van der Waals surface area contributed by atoms with Gasteiger partial charge < -0.3 is 9.71 Å². The summed E-state index contributed by atoms with van der Waals surface area (Å²) >= 11 is 0. The minimum absolute atomic E-state index is 0.00719. The molecule has 4 aliphatic rings. The maximum absolute atomic E-state index is 2.70. The van der Waals surface area contributed by atoms with Crippen molar-refractivity contribution in [3.63, 3.8) is 0 Å². The molecule has 2 nitrogen and oxygen atoms in total. The first-order chi connectivity index (χ1) is 20.5. The number of hydrogen-bond acceptors (Lipinski definition) is 2. The zero-order valence-corrected chi connectivity index (χ0v) is 26.2. The topological polar surface area (TPSA) is 6.48 Å². The quantitative estimate of drug-likeness (QED) is 0.176. The summed E-state index contributed by atoms with van der Waals surface area (Å²) in [4.78, 5) is 5.32. The van der Waals surface area contributed by atoms with Crippen LogP contribution in [-0.2, 0) is 16.2 Å². The van der Waals surface area contributed by atoms with Gasteiger partial charge in [-0.25, -0.2) is 0 Å². The van der Waals surface area contributed by atoms with Crippen LogP contribution in [0.5, 0.6) is 0 Å². The van der Waals surface area contributed by atoms with E-state index in [1.165, 1.54) is 78.3 Å². The van der Waals surface area contributed by atoms with Crippen molar-refractivity contribution in [3.05, 3.63) is 125 Å². The molecular weight excluding hydrogens is 519 g/mol. The Balaban J connectivity index is 1.49. The molecule has 4 aliphatic heterocycles. The van der Waals surface area contributed by atoms with Crippen LogP contribution in [0.2, 0.25) is 0 Å². The molecule has 0 aliphatic carbocycles. The Kier molecular flexibility index (Phi) is 4.60. The molecule has 0 saturated heterocycles. The number of para-hydroxylation sites is 4. The molecule has 0 unspecified atom stereocenters. The standard InChI is InChI=1S/C40H37BN2/c1-38(2,3)24-22-26-25-14-12-17-29-36(25)43(33-21-11-9-16-28(33)40(29,6)7)41-31-19-13-18-30-37(31)42(34(23-24)35(26)41)32-20-10-8-15-27(32)39(30,4)5/h8-23H,1-7H3. The van der Waals surface area contributed by atoms with Crippen LogP contribution in [0.3, 0.4) is 0 Å². The number of nitrogens with zero attached hydrogens (tertiary/aromatic N) is 2. The Morgan fingerprint density at radius 3 is 1.84 bits per heavy atom. The SMILES string of the molecule is CC(C)(C)c1cc2c3c(c1)N1c4ccccc4C(C)(C)c4cccc(c41)B3N1c3ccccc3C(C)(C)c3cccc-2c31. The van der Waals surface area contributed by atoms with Gasteiger partial charge in [0, 0.05) is 39.1 Å². The molecule has 4 heterocycles. The third-order valence-corrected chi connectivity index (χ3v) is 11.0. The molecule has 0 saturated carbocycles. The molecule has 3 heteroatoms. The van der Waals surface area contributed by atoms with E-state index in [9.17, 15) is 0 Å². The molecule has 43 heavy (non-hydrogen) atoms. The summed E-state index contributed by atoms with van der Waals surface area (Å²) in [6.45, 7) is 16.7.